The van der Waals surface area contributed by atoms with Gasteiger partial charge in [-0.05, 0) is 72.0 Å². The molecule has 3 aromatic carbocycles. The van der Waals surface area contributed by atoms with Gasteiger partial charge in [-0.3, -0.25) is 9.59 Å². The lowest BCUT2D eigenvalue weighted by molar-refractivity contribution is -0.145. The Bertz CT molecular complexity index is 1660. The van der Waals surface area contributed by atoms with Gasteiger partial charge < -0.3 is 9.84 Å². The Morgan fingerprint density at radius 3 is 2.39 bits per heavy atom. The van der Waals surface area contributed by atoms with E-state index in [1.54, 1.807) is 12.1 Å². The summed E-state index contributed by atoms with van der Waals surface area (Å²) in [6.07, 6.45) is -1.89. The number of ketones is 1. The number of aromatic carboxylic acids is 1. The highest BCUT2D eigenvalue weighted by Gasteiger charge is 2.30. The number of benzene rings is 3. The predicted octanol–water partition coefficient (Wildman–Crippen LogP) is 6.92. The molecule has 0 fully saturated rings. The molecule has 0 aliphatic rings. The zero-order chi connectivity index (χ0) is 29.7. The normalized spacial score (nSPS) is 12.4. The molecule has 0 amide bonds. The fraction of sp³-hybridized carbons (Fsp3) is 0.161. The van der Waals surface area contributed by atoms with Gasteiger partial charge in [0, 0.05) is 5.39 Å². The molecule has 4 rings (SSSR count). The summed E-state index contributed by atoms with van der Waals surface area (Å²) in [6, 6.07) is 16.0. The van der Waals surface area contributed by atoms with Crippen LogP contribution in [0.1, 0.15) is 38.4 Å². The minimum atomic E-state index is -4.54. The topological polar surface area (TPSA) is 93.6 Å². The average molecular weight is 566 g/mol. The van der Waals surface area contributed by atoms with Crippen LogP contribution in [-0.2, 0) is 22.1 Å². The number of alkyl halides is 3. The molecule has 1 atom stereocenters. The van der Waals surface area contributed by atoms with Crippen molar-refractivity contribution in [2.45, 2.75) is 19.0 Å². The van der Waals surface area contributed by atoms with Crippen molar-refractivity contribution in [3.05, 3.63) is 113 Å². The third kappa shape index (κ3) is 6.84. The Morgan fingerprint density at radius 1 is 0.976 bits per heavy atom. The van der Waals surface area contributed by atoms with Crippen molar-refractivity contribution in [2.24, 2.45) is 5.92 Å². The third-order valence-corrected chi connectivity index (χ3v) is 6.46. The van der Waals surface area contributed by atoms with Gasteiger partial charge in [0.05, 0.1) is 29.7 Å². The van der Waals surface area contributed by atoms with Gasteiger partial charge in [-0.1, -0.05) is 42.5 Å². The van der Waals surface area contributed by atoms with Gasteiger partial charge in [-0.25, -0.2) is 14.2 Å². The van der Waals surface area contributed by atoms with Crippen molar-refractivity contribution in [3.63, 3.8) is 0 Å². The largest absolute Gasteiger partial charge is 0.478 e. The summed E-state index contributed by atoms with van der Waals surface area (Å²) in [4.78, 5) is 41.4. The predicted molar refractivity (Wildman–Crippen MR) is 143 cm³/mol. The van der Waals surface area contributed by atoms with Gasteiger partial charge in [-0.2, -0.15) is 13.2 Å². The number of ether oxygens (including phenoxy) is 1. The van der Waals surface area contributed by atoms with Crippen LogP contribution in [0, 0.1) is 11.7 Å². The first-order valence-electron chi connectivity index (χ1n) is 12.4. The number of nitrogens with zero attached hydrogens (tertiary/aromatic N) is 1. The van der Waals surface area contributed by atoms with Gasteiger partial charge in [0.1, 0.15) is 11.5 Å². The van der Waals surface area contributed by atoms with E-state index < -0.39 is 41.2 Å². The van der Waals surface area contributed by atoms with Crippen LogP contribution in [0.2, 0.25) is 0 Å². The molecule has 41 heavy (non-hydrogen) atoms. The lowest BCUT2D eigenvalue weighted by Crippen LogP contribution is -2.18. The van der Waals surface area contributed by atoms with Crippen LogP contribution in [0.4, 0.5) is 17.6 Å². The molecule has 210 valence electrons. The molecule has 1 heterocycles. The summed E-state index contributed by atoms with van der Waals surface area (Å²) in [5.74, 6) is -3.81. The van der Waals surface area contributed by atoms with E-state index in [-0.39, 0.29) is 40.6 Å². The molecule has 1 N–H and O–H groups in total. The Hall–Kier alpha value is -4.86. The van der Waals surface area contributed by atoms with E-state index in [9.17, 15) is 37.1 Å². The highest BCUT2D eigenvalue weighted by molar-refractivity contribution is 6.09. The van der Waals surface area contributed by atoms with Gasteiger partial charge in [0.2, 0.25) is 5.78 Å². The number of pyridine rings is 1. The van der Waals surface area contributed by atoms with Gasteiger partial charge in [0.25, 0.3) is 0 Å². The molecule has 1 unspecified atom stereocenters. The third-order valence-electron chi connectivity index (χ3n) is 6.46. The number of hydrogen-bond donors (Lipinski definition) is 1. The van der Waals surface area contributed by atoms with Gasteiger partial charge in [0.15, 0.2) is 0 Å². The minimum Gasteiger partial charge on any atom is -0.478 e. The maximum atomic E-state index is 14.1. The maximum absolute atomic E-state index is 14.1. The molecule has 10 heteroatoms. The number of carboxylic acid groups (broad SMARTS) is 1. The lowest BCUT2D eigenvalue weighted by atomic mass is 9.95. The molecule has 0 radical (unpaired) electrons. The number of fused-ring (bicyclic) bond motifs is 1. The van der Waals surface area contributed by atoms with E-state index in [1.165, 1.54) is 55.7 Å². The number of carbonyl (C=O) groups excluding carboxylic acids is 2. The molecule has 6 nitrogen and oxygen atoms in total. The summed E-state index contributed by atoms with van der Waals surface area (Å²) < 4.78 is 58.4. The molecule has 0 saturated carbocycles. The molecule has 4 aromatic rings. The monoisotopic (exact) mass is 565 g/mol. The van der Waals surface area contributed by atoms with Crippen molar-refractivity contribution in [3.8, 4) is 11.1 Å². The van der Waals surface area contributed by atoms with Gasteiger partial charge >= 0.3 is 18.1 Å². The van der Waals surface area contributed by atoms with Crippen LogP contribution in [-0.4, -0.2) is 34.9 Å². The average Bonchev–Trinajstić information content (AvgIpc) is 2.95. The molecule has 1 aromatic heterocycles. The molecule has 0 bridgehead atoms. The van der Waals surface area contributed by atoms with Gasteiger partial charge in [-0.15, -0.1) is 0 Å². The van der Waals surface area contributed by atoms with E-state index >= 15 is 0 Å². The first-order chi connectivity index (χ1) is 19.5. The van der Waals surface area contributed by atoms with E-state index in [0.29, 0.717) is 11.1 Å². The summed E-state index contributed by atoms with van der Waals surface area (Å²) in [5, 5.41) is 9.96. The second-order valence-corrected chi connectivity index (χ2v) is 9.19. The number of rotatable bonds is 9. The quantitative estimate of drug-likeness (QED) is 0.103. The van der Waals surface area contributed by atoms with E-state index in [1.807, 2.05) is 0 Å². The number of carboxylic acids is 1. The zero-order valence-corrected chi connectivity index (χ0v) is 21.6. The molecular formula is C31H23F4NO5. The number of methoxy groups -OCH3 is 1. The SMILES string of the molecule is COC(=O)C(C/C=C/C(=O)c1cc(C(=O)O)c2cc(-c3cccc(C(F)(F)F)c3)ccc2n1)Cc1ccccc1F. The number of carbonyl (C=O) groups is 3. The summed E-state index contributed by atoms with van der Waals surface area (Å²) in [7, 11) is 1.20. The number of halogens is 4. The van der Waals surface area contributed by atoms with Crippen molar-refractivity contribution >= 4 is 28.6 Å². The summed E-state index contributed by atoms with van der Waals surface area (Å²) in [6.45, 7) is 0. The summed E-state index contributed by atoms with van der Waals surface area (Å²) >= 11 is 0. The van der Waals surface area contributed by atoms with E-state index in [0.717, 1.165) is 24.3 Å². The number of esters is 1. The highest BCUT2D eigenvalue weighted by atomic mass is 19.4. The second kappa shape index (κ2) is 12.1. The Morgan fingerprint density at radius 2 is 1.71 bits per heavy atom. The van der Waals surface area contributed by atoms with Crippen LogP contribution < -0.4 is 0 Å². The molecule has 0 saturated heterocycles. The first-order valence-corrected chi connectivity index (χ1v) is 12.4. The molecule has 0 aliphatic heterocycles. The smallest absolute Gasteiger partial charge is 0.416 e. The maximum Gasteiger partial charge on any atom is 0.416 e. The minimum absolute atomic E-state index is 0.0451. The number of aromatic nitrogens is 1. The number of hydrogen-bond acceptors (Lipinski definition) is 5. The van der Waals surface area contributed by atoms with Crippen LogP contribution in [0.3, 0.4) is 0 Å². The van der Waals surface area contributed by atoms with E-state index in [4.69, 9.17) is 4.74 Å². The standard InChI is InChI=1S/C31H23F4NO5/c1-41-30(40)21(14-20-6-2-3-10-25(20)32)8-5-11-28(37)27-17-24(29(38)39)23-16-19(12-13-26(23)36-27)18-7-4-9-22(15-18)31(33,34)35/h2-7,9-13,15-17,21H,8,14H2,1H3,(H,38,39)/b11-5+. The molecule has 0 spiro atoms. The summed E-state index contributed by atoms with van der Waals surface area (Å²) in [5.41, 5.74) is -0.233. The second-order valence-electron chi connectivity index (χ2n) is 9.19. The van der Waals surface area contributed by atoms with Crippen molar-refractivity contribution < 1.29 is 41.8 Å². The lowest BCUT2D eigenvalue weighted by Gasteiger charge is -2.13. The number of allylic oxidation sites excluding steroid dienone is 2. The van der Waals surface area contributed by atoms with Crippen LogP contribution >= 0.6 is 0 Å². The van der Waals surface area contributed by atoms with Crippen LogP contribution in [0.5, 0.6) is 0 Å². The van der Waals surface area contributed by atoms with Crippen molar-refractivity contribution in [1.29, 1.82) is 0 Å². The zero-order valence-electron chi connectivity index (χ0n) is 21.6. The van der Waals surface area contributed by atoms with Crippen LogP contribution in [0.25, 0.3) is 22.0 Å². The molecule has 0 aliphatic carbocycles. The fourth-order valence-corrected chi connectivity index (χ4v) is 4.37. The Labute approximate surface area is 231 Å². The van der Waals surface area contributed by atoms with Crippen molar-refractivity contribution in [2.75, 3.05) is 7.11 Å². The van der Waals surface area contributed by atoms with E-state index in [2.05, 4.69) is 4.98 Å². The van der Waals surface area contributed by atoms with Crippen molar-refractivity contribution in [1.82, 2.24) is 4.98 Å². The Kier molecular flexibility index (Phi) is 8.61. The Balaban J connectivity index is 1.61. The fourth-order valence-electron chi connectivity index (χ4n) is 4.37. The first kappa shape index (κ1) is 29.1. The highest BCUT2D eigenvalue weighted by Crippen LogP contribution is 2.33. The molecular weight excluding hydrogens is 542 g/mol. The van der Waals surface area contributed by atoms with Crippen LogP contribution in [0.15, 0.2) is 84.9 Å².